The number of carbonyl (C=O) groups excluding carboxylic acids is 2. The number of hydrogen-bond donors (Lipinski definition) is 1. The van der Waals surface area contributed by atoms with Crippen LogP contribution in [0, 0.1) is 5.41 Å². The first kappa shape index (κ1) is 18.5. The Labute approximate surface area is 156 Å². The van der Waals surface area contributed by atoms with E-state index >= 15 is 0 Å². The maximum Gasteiger partial charge on any atom is 0.251 e. The van der Waals surface area contributed by atoms with E-state index < -0.39 is 21.3 Å². The van der Waals surface area contributed by atoms with Crippen LogP contribution in [0.25, 0.3) is 0 Å². The van der Waals surface area contributed by atoms with Crippen molar-refractivity contribution in [3.63, 3.8) is 0 Å². The van der Waals surface area contributed by atoms with Crippen LogP contribution in [0.4, 0.5) is 5.69 Å². The summed E-state index contributed by atoms with van der Waals surface area (Å²) in [5.41, 5.74) is 2.36. The van der Waals surface area contributed by atoms with Gasteiger partial charge in [0.25, 0.3) is 5.91 Å². The molecule has 7 nitrogen and oxygen atoms in total. The fraction of sp³-hybridized carbons (Fsp3) is 0.353. The molecule has 0 aliphatic carbocycles. The molecule has 9 heteroatoms. The Kier molecular flexibility index (Phi) is 4.85. The lowest BCUT2D eigenvalue weighted by Crippen LogP contribution is -2.33. The largest absolute Gasteiger partial charge is 0.352 e. The highest BCUT2D eigenvalue weighted by molar-refractivity contribution is 7.94. The van der Waals surface area contributed by atoms with Crippen LogP contribution >= 0.6 is 11.3 Å². The van der Waals surface area contributed by atoms with Crippen LogP contribution in [0.1, 0.15) is 29.9 Å². The van der Waals surface area contributed by atoms with E-state index in [-0.39, 0.29) is 17.3 Å². The molecule has 1 fully saturated rings. The number of nitrogens with zero attached hydrogens (tertiary/aromatic N) is 2. The van der Waals surface area contributed by atoms with Gasteiger partial charge in [-0.2, -0.15) is 0 Å². The van der Waals surface area contributed by atoms with Gasteiger partial charge in [0.15, 0.2) is 0 Å². The second-order valence-electron chi connectivity index (χ2n) is 6.74. The number of rotatable bonds is 5. The molecule has 2 aromatic rings. The second kappa shape index (κ2) is 6.81. The Hall–Kier alpha value is -2.26. The molecule has 1 aromatic carbocycles. The monoisotopic (exact) mass is 393 g/mol. The molecule has 0 unspecified atom stereocenters. The molecule has 1 aliphatic rings. The summed E-state index contributed by atoms with van der Waals surface area (Å²) in [5.74, 6) is -0.946. The molecule has 0 bridgehead atoms. The Balaban J connectivity index is 1.68. The van der Waals surface area contributed by atoms with Crippen LogP contribution in [0.2, 0.25) is 0 Å². The van der Waals surface area contributed by atoms with Gasteiger partial charge in [-0.1, -0.05) is 0 Å². The van der Waals surface area contributed by atoms with Crippen LogP contribution in [0.3, 0.4) is 0 Å². The molecule has 2 heterocycles. The highest BCUT2D eigenvalue weighted by atomic mass is 32.2. The number of benzene rings is 1. The number of anilines is 1. The average Bonchev–Trinajstić information content (AvgIpc) is 3.12. The maximum atomic E-state index is 12.4. The minimum Gasteiger partial charge on any atom is -0.352 e. The fourth-order valence-electron chi connectivity index (χ4n) is 2.78. The summed E-state index contributed by atoms with van der Waals surface area (Å²) in [5, 5.41) is 4.72. The number of thiazole rings is 1. The highest BCUT2D eigenvalue weighted by Crippen LogP contribution is 2.35. The summed E-state index contributed by atoms with van der Waals surface area (Å²) in [4.78, 5) is 28.7. The lowest BCUT2D eigenvalue weighted by atomic mass is 9.95. The van der Waals surface area contributed by atoms with Crippen molar-refractivity contribution < 1.29 is 18.0 Å². The molecule has 138 valence electrons. The third kappa shape index (κ3) is 3.63. The third-order valence-electron chi connectivity index (χ3n) is 4.10. The number of aromatic nitrogens is 1. The minimum absolute atomic E-state index is 0.225. The maximum absolute atomic E-state index is 12.4. The molecule has 0 radical (unpaired) electrons. The molecule has 1 N–H and O–H groups in total. The summed E-state index contributed by atoms with van der Waals surface area (Å²) in [6.45, 7) is 3.67. The van der Waals surface area contributed by atoms with Crippen molar-refractivity contribution >= 4 is 38.9 Å². The number of sulfonamides is 1. The summed E-state index contributed by atoms with van der Waals surface area (Å²) < 4.78 is 25.4. The van der Waals surface area contributed by atoms with Gasteiger partial charge in [-0.15, -0.1) is 11.3 Å². The summed E-state index contributed by atoms with van der Waals surface area (Å²) in [6.07, 6.45) is 0.642. The molecule has 1 aliphatic heterocycles. The predicted molar refractivity (Wildman–Crippen MR) is 99.6 cm³/mol. The van der Waals surface area contributed by atoms with Gasteiger partial charge in [-0.3, -0.25) is 9.59 Å². The van der Waals surface area contributed by atoms with Crippen LogP contribution < -0.4 is 9.62 Å². The van der Waals surface area contributed by atoms with Crippen LogP contribution in [0.15, 0.2) is 35.2 Å². The van der Waals surface area contributed by atoms with Crippen molar-refractivity contribution in [1.82, 2.24) is 10.3 Å². The smallest absolute Gasteiger partial charge is 0.251 e. The Morgan fingerprint density at radius 1 is 1.31 bits per heavy atom. The van der Waals surface area contributed by atoms with Gasteiger partial charge >= 0.3 is 0 Å². The lowest BCUT2D eigenvalue weighted by Gasteiger charge is -2.17. The Bertz CT molecular complexity index is 919. The van der Waals surface area contributed by atoms with Crippen LogP contribution in [-0.2, 0) is 21.2 Å². The van der Waals surface area contributed by atoms with Gasteiger partial charge in [-0.25, -0.2) is 17.7 Å². The standard InChI is InChI=1S/C17H19N3O4S2/c1-17(2)10-26(23,24)20(16(17)22)14-5-3-12(4-6-14)15(21)18-8-7-13-9-25-11-19-13/h3-6,9,11H,7-8,10H2,1-2H3,(H,18,21). The van der Waals surface area contributed by atoms with Gasteiger partial charge < -0.3 is 5.32 Å². The molecular weight excluding hydrogens is 374 g/mol. The van der Waals surface area contributed by atoms with Gasteiger partial charge in [0.2, 0.25) is 15.9 Å². The van der Waals surface area contributed by atoms with Crippen molar-refractivity contribution in [2.24, 2.45) is 5.41 Å². The first-order chi connectivity index (χ1) is 12.2. The summed E-state index contributed by atoms with van der Waals surface area (Å²) >= 11 is 1.50. The number of amides is 2. The second-order valence-corrected chi connectivity index (χ2v) is 9.28. The SMILES string of the molecule is CC1(C)CS(=O)(=O)N(c2ccc(C(=O)NCCc3cscn3)cc2)C1=O. The molecule has 1 saturated heterocycles. The zero-order valence-electron chi connectivity index (χ0n) is 14.4. The van der Waals surface area contributed by atoms with Gasteiger partial charge in [0.1, 0.15) is 0 Å². The first-order valence-corrected chi connectivity index (χ1v) is 10.6. The molecule has 2 amide bonds. The minimum atomic E-state index is -3.69. The van der Waals surface area contributed by atoms with E-state index in [0.717, 1.165) is 10.00 Å². The molecule has 0 saturated carbocycles. The van der Waals surface area contributed by atoms with E-state index in [4.69, 9.17) is 0 Å². The predicted octanol–water partition coefficient (Wildman–Crippen LogP) is 1.82. The van der Waals surface area contributed by atoms with E-state index in [2.05, 4.69) is 10.3 Å². The molecule has 1 aromatic heterocycles. The zero-order chi connectivity index (χ0) is 18.9. The molecule has 0 atom stereocenters. The normalized spacial score (nSPS) is 18.1. The van der Waals surface area contributed by atoms with Crippen molar-refractivity contribution in [1.29, 1.82) is 0 Å². The van der Waals surface area contributed by atoms with Gasteiger partial charge in [0.05, 0.1) is 28.1 Å². The number of hydrogen-bond acceptors (Lipinski definition) is 6. The third-order valence-corrected chi connectivity index (χ3v) is 6.75. The lowest BCUT2D eigenvalue weighted by molar-refractivity contribution is -0.123. The van der Waals surface area contributed by atoms with Crippen molar-refractivity contribution in [2.45, 2.75) is 20.3 Å². The van der Waals surface area contributed by atoms with Crippen molar-refractivity contribution in [3.8, 4) is 0 Å². The summed E-state index contributed by atoms with van der Waals surface area (Å²) in [7, 11) is -3.69. The van der Waals surface area contributed by atoms with E-state index in [1.165, 1.54) is 35.6 Å². The zero-order valence-corrected chi connectivity index (χ0v) is 16.1. The van der Waals surface area contributed by atoms with Crippen molar-refractivity contribution in [3.05, 3.63) is 46.4 Å². The molecular formula is C17H19N3O4S2. The van der Waals surface area contributed by atoms with Gasteiger partial charge in [-0.05, 0) is 38.1 Å². The fourth-order valence-corrected chi connectivity index (χ4v) is 5.48. The number of carbonyl (C=O) groups is 2. The Morgan fingerprint density at radius 3 is 2.54 bits per heavy atom. The van der Waals surface area contributed by atoms with Crippen LogP contribution in [-0.4, -0.2) is 37.5 Å². The van der Waals surface area contributed by atoms with Crippen LogP contribution in [0.5, 0.6) is 0 Å². The quantitative estimate of drug-likeness (QED) is 0.836. The Morgan fingerprint density at radius 2 is 2.00 bits per heavy atom. The highest BCUT2D eigenvalue weighted by Gasteiger charge is 2.49. The van der Waals surface area contributed by atoms with E-state index in [1.807, 2.05) is 5.38 Å². The van der Waals surface area contributed by atoms with Crippen molar-refractivity contribution in [2.75, 3.05) is 16.6 Å². The van der Waals surface area contributed by atoms with E-state index in [0.29, 0.717) is 18.5 Å². The topological polar surface area (TPSA) is 96.4 Å². The average molecular weight is 393 g/mol. The molecule has 26 heavy (non-hydrogen) atoms. The van der Waals surface area contributed by atoms with Gasteiger partial charge in [0, 0.05) is 23.9 Å². The first-order valence-electron chi connectivity index (χ1n) is 8.03. The van der Waals surface area contributed by atoms with E-state index in [9.17, 15) is 18.0 Å². The molecule has 0 spiro atoms. The number of nitrogens with one attached hydrogen (secondary N) is 1. The van der Waals surface area contributed by atoms with E-state index in [1.54, 1.807) is 19.4 Å². The summed E-state index contributed by atoms with van der Waals surface area (Å²) in [6, 6.07) is 5.99. The molecule has 3 rings (SSSR count).